The predicted molar refractivity (Wildman–Crippen MR) is 313 cm³/mol. The molecule has 0 aliphatic heterocycles. The van der Waals surface area contributed by atoms with Crippen molar-refractivity contribution < 1.29 is 14.7 Å². The average molecular weight is 1000 g/mol. The summed E-state index contributed by atoms with van der Waals surface area (Å²) in [6.45, 7) is 16.6. The normalized spacial score (nSPS) is 15.0. The number of carbonyl (C=O) groups excluding carboxylic acids is 2. The molecule has 6 heteroatoms. The lowest BCUT2D eigenvalue weighted by molar-refractivity contribution is -0.132. The Morgan fingerprint density at radius 2 is 0.577 bits per heavy atom. The van der Waals surface area contributed by atoms with Crippen molar-refractivity contribution in [3.63, 3.8) is 0 Å². The summed E-state index contributed by atoms with van der Waals surface area (Å²) in [5.41, 5.74) is 0. The van der Waals surface area contributed by atoms with Crippen LogP contribution in [0.25, 0.3) is 0 Å². The summed E-state index contributed by atoms with van der Waals surface area (Å²) in [7, 11) is 0. The molecule has 0 aromatic heterocycles. The number of aliphatic hydroxyl groups is 1. The van der Waals surface area contributed by atoms with E-state index < -0.39 is 0 Å². The van der Waals surface area contributed by atoms with Gasteiger partial charge in [-0.3, -0.25) is 9.59 Å². The topological polar surface area (TPSA) is 64.1 Å². The Labute approximate surface area is 445 Å². The van der Waals surface area contributed by atoms with Crippen LogP contribution in [-0.2, 0) is 9.59 Å². The van der Waals surface area contributed by atoms with Gasteiger partial charge in [0, 0.05) is 39.0 Å². The van der Waals surface area contributed by atoms with Crippen LogP contribution in [0.3, 0.4) is 0 Å². The number of hydrogen-bond acceptors (Lipinski definition) is 4. The molecule has 1 rings (SSSR count). The molecule has 422 valence electrons. The maximum Gasteiger partial charge on any atom is 0.222 e. The van der Waals surface area contributed by atoms with Crippen molar-refractivity contribution in [1.29, 1.82) is 0 Å². The lowest BCUT2D eigenvalue weighted by Crippen LogP contribution is -2.32. The van der Waals surface area contributed by atoms with Crippen molar-refractivity contribution in [3.8, 4) is 0 Å². The van der Waals surface area contributed by atoms with Crippen molar-refractivity contribution in [2.24, 2.45) is 5.92 Å². The van der Waals surface area contributed by atoms with E-state index in [1.165, 1.54) is 302 Å². The molecule has 0 spiro atoms. The van der Waals surface area contributed by atoms with Gasteiger partial charge in [-0.25, -0.2) is 0 Å². The molecule has 0 radical (unpaired) electrons. The third-order valence-corrected chi connectivity index (χ3v) is 16.5. The molecule has 2 atom stereocenters. The minimum absolute atomic E-state index is 0.0828. The van der Waals surface area contributed by atoms with Gasteiger partial charge in [-0.2, -0.15) is 0 Å². The highest BCUT2D eigenvalue weighted by Gasteiger charge is 2.23. The number of nitrogens with zero attached hydrogens (tertiary/aromatic N) is 3. The van der Waals surface area contributed by atoms with Crippen LogP contribution in [0, 0.1) is 5.92 Å². The molecule has 0 aromatic rings. The third kappa shape index (κ3) is 43.8. The molecule has 0 saturated heterocycles. The number of carbonyl (C=O) groups is 2. The Bertz CT molecular complexity index is 992. The van der Waals surface area contributed by atoms with Crippen molar-refractivity contribution in [2.75, 3.05) is 45.8 Å². The van der Waals surface area contributed by atoms with Crippen LogP contribution < -0.4 is 0 Å². The molecule has 6 nitrogen and oxygen atoms in total. The van der Waals surface area contributed by atoms with E-state index in [4.69, 9.17) is 0 Å². The van der Waals surface area contributed by atoms with Crippen LogP contribution in [0.15, 0.2) is 0 Å². The van der Waals surface area contributed by atoms with Crippen LogP contribution in [0.5, 0.6) is 0 Å². The summed E-state index contributed by atoms with van der Waals surface area (Å²) in [5.74, 6) is 1.34. The molecule has 1 N–H and O–H groups in total. The quantitative estimate of drug-likeness (QED) is 0.0617. The smallest absolute Gasteiger partial charge is 0.222 e. The van der Waals surface area contributed by atoms with Gasteiger partial charge in [0.2, 0.25) is 11.8 Å². The summed E-state index contributed by atoms with van der Waals surface area (Å²) in [4.78, 5) is 34.3. The van der Waals surface area contributed by atoms with Gasteiger partial charge in [0.15, 0.2) is 0 Å². The van der Waals surface area contributed by atoms with Crippen molar-refractivity contribution >= 4 is 11.8 Å². The van der Waals surface area contributed by atoms with Crippen molar-refractivity contribution in [2.45, 2.75) is 355 Å². The first kappa shape index (κ1) is 67.9. The van der Waals surface area contributed by atoms with E-state index in [2.05, 4.69) is 42.4 Å². The second kappa shape index (κ2) is 53.7. The molecule has 1 fully saturated rings. The number of hydrogen-bond donors (Lipinski definition) is 1. The maximum atomic E-state index is 13.5. The van der Waals surface area contributed by atoms with E-state index in [0.717, 1.165) is 64.8 Å². The van der Waals surface area contributed by atoms with E-state index in [0.29, 0.717) is 17.7 Å². The molecule has 0 bridgehead atoms. The van der Waals surface area contributed by atoms with Crippen LogP contribution in [0.1, 0.15) is 349 Å². The fourth-order valence-corrected chi connectivity index (χ4v) is 11.5. The number of aliphatic hydroxyl groups excluding tert-OH is 1. The van der Waals surface area contributed by atoms with Crippen LogP contribution in [-0.4, -0.2) is 83.5 Å². The highest BCUT2D eigenvalue weighted by molar-refractivity contribution is 5.76. The van der Waals surface area contributed by atoms with E-state index in [1.54, 1.807) is 0 Å². The molecule has 0 unspecified atom stereocenters. The van der Waals surface area contributed by atoms with Gasteiger partial charge in [-0.05, 0) is 103 Å². The predicted octanol–water partition coefficient (Wildman–Crippen LogP) is 19.5. The van der Waals surface area contributed by atoms with Crippen LogP contribution in [0.2, 0.25) is 0 Å². The second-order valence-corrected chi connectivity index (χ2v) is 23.3. The summed E-state index contributed by atoms with van der Waals surface area (Å²) >= 11 is 0. The summed E-state index contributed by atoms with van der Waals surface area (Å²) in [6, 6.07) is 0. The van der Waals surface area contributed by atoms with Gasteiger partial charge >= 0.3 is 0 Å². The minimum Gasteiger partial charge on any atom is -0.393 e. The molecule has 0 aromatic carbocycles. The molecule has 1 aliphatic carbocycles. The summed E-state index contributed by atoms with van der Waals surface area (Å²) in [5, 5.41) is 10.6. The highest BCUT2D eigenvalue weighted by atomic mass is 16.3. The molecule has 1 saturated carbocycles. The molecule has 0 heterocycles. The van der Waals surface area contributed by atoms with Gasteiger partial charge in [0.05, 0.1) is 6.10 Å². The molecular formula is C65H129N3O3. The highest BCUT2D eigenvalue weighted by Crippen LogP contribution is 2.28. The average Bonchev–Trinajstić information content (AvgIpc) is 3.37. The van der Waals surface area contributed by atoms with Crippen molar-refractivity contribution in [3.05, 3.63) is 0 Å². The Morgan fingerprint density at radius 1 is 0.324 bits per heavy atom. The van der Waals surface area contributed by atoms with Crippen LogP contribution in [0.4, 0.5) is 0 Å². The molecule has 1 aliphatic rings. The number of unbranched alkanes of at least 4 members (excludes halogenated alkanes) is 36. The molecule has 2 amide bonds. The van der Waals surface area contributed by atoms with Crippen molar-refractivity contribution in [1.82, 2.24) is 14.7 Å². The largest absolute Gasteiger partial charge is 0.393 e. The zero-order valence-electron chi connectivity index (χ0n) is 49.1. The Kier molecular flexibility index (Phi) is 51.3. The summed E-state index contributed by atoms with van der Waals surface area (Å²) in [6.07, 6.45) is 62.7. The summed E-state index contributed by atoms with van der Waals surface area (Å²) < 4.78 is 0. The zero-order valence-corrected chi connectivity index (χ0v) is 49.1. The first-order valence-electron chi connectivity index (χ1n) is 32.9. The lowest BCUT2D eigenvalue weighted by atomic mass is 9.83. The van der Waals surface area contributed by atoms with E-state index in [1.807, 2.05) is 0 Å². The standard InChI is InChI=1S/C65H129N3O3/c1-5-9-13-17-21-25-35-45-58-67(59-46-36-26-22-18-14-10-6-2)64(70)53-39-31-29-33-43-55-66(57-49-51-62-50-41-42-52-63(62)69)56-44-34-30-32-40-54-65(71)68(60-47-37-27-23-19-15-11-7-3)61-48-38-28-24-20-16-12-8-4/h62-63,69H,5-61H2,1-4H3/t62-,63+/m0/s1. The minimum atomic E-state index is -0.0828. The van der Waals surface area contributed by atoms with Gasteiger partial charge in [0.1, 0.15) is 0 Å². The Hall–Kier alpha value is -1.14. The first-order valence-corrected chi connectivity index (χ1v) is 32.9. The maximum absolute atomic E-state index is 13.5. The molecular weight excluding hydrogens is 871 g/mol. The number of rotatable bonds is 56. The Morgan fingerprint density at radius 3 is 0.887 bits per heavy atom. The lowest BCUT2D eigenvalue weighted by Gasteiger charge is -2.29. The molecule has 71 heavy (non-hydrogen) atoms. The van der Waals surface area contributed by atoms with E-state index >= 15 is 0 Å². The van der Waals surface area contributed by atoms with E-state index in [-0.39, 0.29) is 6.10 Å². The zero-order chi connectivity index (χ0) is 51.3. The van der Waals surface area contributed by atoms with Gasteiger partial charge < -0.3 is 19.8 Å². The van der Waals surface area contributed by atoms with Gasteiger partial charge in [-0.1, -0.05) is 259 Å². The Balaban J connectivity index is 2.51. The fourth-order valence-electron chi connectivity index (χ4n) is 11.5. The van der Waals surface area contributed by atoms with Crippen LogP contribution >= 0.6 is 0 Å². The van der Waals surface area contributed by atoms with E-state index in [9.17, 15) is 14.7 Å². The second-order valence-electron chi connectivity index (χ2n) is 23.3. The van der Waals surface area contributed by atoms with Gasteiger partial charge in [-0.15, -0.1) is 0 Å². The third-order valence-electron chi connectivity index (χ3n) is 16.5. The first-order chi connectivity index (χ1) is 35.0. The fraction of sp³-hybridized carbons (Fsp3) is 0.969. The monoisotopic (exact) mass is 1000 g/mol. The number of amides is 2. The SMILES string of the molecule is CCCCCCCCCCN(CCCCCCCCCC)C(=O)CCCCCCCN(CCCCCCCC(=O)N(CCCCCCCCCC)CCCCCCCCCC)CCC[C@@H]1CCCC[C@H]1O. The van der Waals surface area contributed by atoms with Gasteiger partial charge in [0.25, 0.3) is 0 Å².